The molecule has 1 aromatic rings. The average molecular weight is 180 g/mol. The van der Waals surface area contributed by atoms with Crippen molar-refractivity contribution in [3.63, 3.8) is 0 Å². The van der Waals surface area contributed by atoms with E-state index >= 15 is 0 Å². The molecule has 0 aliphatic carbocycles. The topological polar surface area (TPSA) is 52.6 Å². The molecule has 70 valence electrons. The second-order valence-electron chi connectivity index (χ2n) is 2.89. The van der Waals surface area contributed by atoms with Gasteiger partial charge in [0.1, 0.15) is 0 Å². The first-order valence-corrected chi connectivity index (χ1v) is 3.87. The monoisotopic (exact) mass is 180 g/mol. The first-order chi connectivity index (χ1) is 6.09. The van der Waals surface area contributed by atoms with Crippen molar-refractivity contribution in [2.45, 2.75) is 0 Å². The van der Waals surface area contributed by atoms with Gasteiger partial charge in [0.15, 0.2) is 0 Å². The van der Waals surface area contributed by atoms with Gasteiger partial charge in [-0.05, 0) is 24.3 Å². The molecule has 0 radical (unpaired) electrons. The molecule has 0 spiro atoms. The molecule has 0 bridgehead atoms. The predicted octanol–water partition coefficient (Wildman–Crippen LogP) is 1.27. The number of hydrogen-bond acceptors (Lipinski definition) is 3. The van der Waals surface area contributed by atoms with Gasteiger partial charge < -0.3 is 10.5 Å². The van der Waals surface area contributed by atoms with Crippen LogP contribution >= 0.6 is 0 Å². The lowest BCUT2D eigenvalue weighted by molar-refractivity contribution is 0.0697. The van der Waals surface area contributed by atoms with Crippen LogP contribution in [0.4, 0.5) is 5.69 Å². The van der Waals surface area contributed by atoms with E-state index in [1.54, 1.807) is 29.3 Å². The Bertz CT molecular complexity index is 293. The second kappa shape index (κ2) is 3.91. The lowest BCUT2D eigenvalue weighted by atomic mass is 10.2. The maximum Gasteiger partial charge on any atom is 0.335 e. The third-order valence-electron chi connectivity index (χ3n) is 1.48. The Morgan fingerprint density at radius 1 is 1.31 bits per heavy atom. The molecule has 0 saturated heterocycles. The quantitative estimate of drug-likeness (QED) is 0.688. The minimum atomic E-state index is -0.906. The molecule has 0 atom stereocenters. The summed E-state index contributed by atoms with van der Waals surface area (Å²) in [5.41, 5.74) is 4.18. The predicted molar refractivity (Wildman–Crippen MR) is 50.7 cm³/mol. The van der Waals surface area contributed by atoms with Crippen LogP contribution in [-0.4, -0.2) is 30.2 Å². The maximum absolute atomic E-state index is 10.5. The number of nitrogens with zero attached hydrogens (tertiary/aromatic N) is 1. The van der Waals surface area contributed by atoms with Gasteiger partial charge in [0.05, 0.1) is 5.56 Å². The fraction of sp³-hybridized carbons (Fsp3) is 0.222. The van der Waals surface area contributed by atoms with E-state index in [-0.39, 0.29) is 0 Å². The molecule has 0 amide bonds. The number of nitrogens with one attached hydrogen (secondary N) is 1. The summed E-state index contributed by atoms with van der Waals surface area (Å²) in [6, 6.07) is 6.58. The van der Waals surface area contributed by atoms with Crippen LogP contribution in [0.3, 0.4) is 0 Å². The van der Waals surface area contributed by atoms with Crippen molar-refractivity contribution in [1.82, 2.24) is 5.01 Å². The van der Waals surface area contributed by atoms with Gasteiger partial charge in [-0.15, -0.1) is 0 Å². The highest BCUT2D eigenvalue weighted by molar-refractivity contribution is 5.87. The van der Waals surface area contributed by atoms with Gasteiger partial charge in [-0.2, -0.15) is 0 Å². The number of anilines is 1. The van der Waals surface area contributed by atoms with Crippen molar-refractivity contribution >= 4 is 11.7 Å². The van der Waals surface area contributed by atoms with Crippen molar-refractivity contribution in [1.29, 1.82) is 0 Å². The van der Waals surface area contributed by atoms with Crippen molar-refractivity contribution < 1.29 is 9.90 Å². The van der Waals surface area contributed by atoms with Gasteiger partial charge in [0.25, 0.3) is 0 Å². The third kappa shape index (κ3) is 2.76. The molecule has 0 aliphatic heterocycles. The highest BCUT2D eigenvalue weighted by Crippen LogP contribution is 2.09. The van der Waals surface area contributed by atoms with Gasteiger partial charge in [-0.3, -0.25) is 0 Å². The molecular formula is C9H12N2O2. The molecule has 0 aliphatic rings. The SMILES string of the molecule is CN(C)Nc1ccc(C(=O)O)cc1. The molecule has 0 fully saturated rings. The highest BCUT2D eigenvalue weighted by Gasteiger charge is 2.00. The summed E-state index contributed by atoms with van der Waals surface area (Å²) in [5, 5.41) is 10.4. The number of carbonyl (C=O) groups is 1. The van der Waals surface area contributed by atoms with Crippen molar-refractivity contribution in [2.24, 2.45) is 0 Å². The number of carboxylic acids is 1. The minimum absolute atomic E-state index is 0.296. The van der Waals surface area contributed by atoms with Gasteiger partial charge in [0, 0.05) is 19.8 Å². The lowest BCUT2D eigenvalue weighted by Gasteiger charge is -2.12. The van der Waals surface area contributed by atoms with Gasteiger partial charge in [-0.1, -0.05) is 0 Å². The Labute approximate surface area is 76.8 Å². The second-order valence-corrected chi connectivity index (χ2v) is 2.89. The highest BCUT2D eigenvalue weighted by atomic mass is 16.4. The molecule has 1 aromatic carbocycles. The van der Waals surface area contributed by atoms with E-state index in [1.807, 2.05) is 14.1 Å². The van der Waals surface area contributed by atoms with Crippen LogP contribution in [0.5, 0.6) is 0 Å². The summed E-state index contributed by atoms with van der Waals surface area (Å²) in [4.78, 5) is 10.5. The van der Waals surface area contributed by atoms with E-state index in [2.05, 4.69) is 5.43 Å². The van der Waals surface area contributed by atoms with Crippen molar-refractivity contribution in [3.05, 3.63) is 29.8 Å². The van der Waals surface area contributed by atoms with Gasteiger partial charge in [-0.25, -0.2) is 9.80 Å². The fourth-order valence-corrected chi connectivity index (χ4v) is 0.946. The fourth-order valence-electron chi connectivity index (χ4n) is 0.946. The van der Waals surface area contributed by atoms with E-state index in [4.69, 9.17) is 5.11 Å². The molecule has 4 nitrogen and oxygen atoms in total. The molecular weight excluding hydrogens is 168 g/mol. The smallest absolute Gasteiger partial charge is 0.335 e. The minimum Gasteiger partial charge on any atom is -0.478 e. The maximum atomic E-state index is 10.5. The van der Waals surface area contributed by atoms with Crippen LogP contribution in [0.25, 0.3) is 0 Å². The molecule has 0 aromatic heterocycles. The van der Waals surface area contributed by atoms with Crippen LogP contribution in [0.1, 0.15) is 10.4 Å². The first kappa shape index (κ1) is 9.54. The number of hydrogen-bond donors (Lipinski definition) is 2. The van der Waals surface area contributed by atoms with E-state index in [0.717, 1.165) is 5.69 Å². The Kier molecular flexibility index (Phi) is 2.87. The summed E-state index contributed by atoms with van der Waals surface area (Å²) in [5.74, 6) is -0.906. The van der Waals surface area contributed by atoms with Crippen LogP contribution in [0.15, 0.2) is 24.3 Å². The van der Waals surface area contributed by atoms with Crippen molar-refractivity contribution in [2.75, 3.05) is 19.5 Å². The van der Waals surface area contributed by atoms with Crippen LogP contribution < -0.4 is 5.43 Å². The Morgan fingerprint density at radius 3 is 2.23 bits per heavy atom. The lowest BCUT2D eigenvalue weighted by Crippen LogP contribution is -2.19. The molecule has 1 rings (SSSR count). The van der Waals surface area contributed by atoms with Crippen LogP contribution in [0, 0.1) is 0 Å². The Balaban J connectivity index is 2.75. The first-order valence-electron chi connectivity index (χ1n) is 3.87. The van der Waals surface area contributed by atoms with Gasteiger partial charge >= 0.3 is 5.97 Å². The summed E-state index contributed by atoms with van der Waals surface area (Å²) in [7, 11) is 3.73. The number of benzene rings is 1. The number of hydrazine groups is 1. The van der Waals surface area contributed by atoms with Crippen LogP contribution in [-0.2, 0) is 0 Å². The normalized spacial score (nSPS) is 10.1. The zero-order chi connectivity index (χ0) is 9.84. The molecule has 0 unspecified atom stereocenters. The zero-order valence-corrected chi connectivity index (χ0v) is 7.61. The Hall–Kier alpha value is -1.55. The van der Waals surface area contributed by atoms with Crippen molar-refractivity contribution in [3.8, 4) is 0 Å². The summed E-state index contributed by atoms with van der Waals surface area (Å²) < 4.78 is 0. The standard InChI is InChI=1S/C9H12N2O2/c1-11(2)10-8-5-3-7(4-6-8)9(12)13/h3-6,10H,1-2H3,(H,12,13). The van der Waals surface area contributed by atoms with E-state index < -0.39 is 5.97 Å². The van der Waals surface area contributed by atoms with Crippen LogP contribution in [0.2, 0.25) is 0 Å². The largest absolute Gasteiger partial charge is 0.478 e. The van der Waals surface area contributed by atoms with E-state index in [9.17, 15) is 4.79 Å². The third-order valence-corrected chi connectivity index (χ3v) is 1.48. The van der Waals surface area contributed by atoms with E-state index in [0.29, 0.717) is 5.56 Å². The number of aromatic carboxylic acids is 1. The summed E-state index contributed by atoms with van der Waals surface area (Å²) >= 11 is 0. The molecule has 13 heavy (non-hydrogen) atoms. The summed E-state index contributed by atoms with van der Waals surface area (Å²) in [6.45, 7) is 0. The molecule has 2 N–H and O–H groups in total. The summed E-state index contributed by atoms with van der Waals surface area (Å²) in [6.07, 6.45) is 0. The van der Waals surface area contributed by atoms with Gasteiger partial charge in [0.2, 0.25) is 0 Å². The average Bonchev–Trinajstić information content (AvgIpc) is 2.04. The molecule has 0 heterocycles. The number of carboxylic acid groups (broad SMARTS) is 1. The number of rotatable bonds is 3. The molecule has 4 heteroatoms. The molecule has 0 saturated carbocycles. The Morgan fingerprint density at radius 2 is 1.85 bits per heavy atom. The van der Waals surface area contributed by atoms with E-state index in [1.165, 1.54) is 0 Å². The zero-order valence-electron chi connectivity index (χ0n) is 7.61.